The molecule has 0 fully saturated rings. The average molecular weight is 357 g/mol. The van der Waals surface area contributed by atoms with Crippen LogP contribution in [0.15, 0.2) is 28.1 Å². The van der Waals surface area contributed by atoms with Crippen molar-refractivity contribution in [2.24, 2.45) is 0 Å². The lowest BCUT2D eigenvalue weighted by Crippen LogP contribution is -2.17. The molecule has 108 valence electrons. The van der Waals surface area contributed by atoms with Gasteiger partial charge >= 0.3 is 0 Å². The Balaban J connectivity index is 2.27. The third-order valence-electron chi connectivity index (χ3n) is 2.96. The summed E-state index contributed by atoms with van der Waals surface area (Å²) in [6.45, 7) is 0.788. The number of ether oxygens (including phenoxy) is 2. The number of nitrogens with zero attached hydrogens (tertiary/aromatic N) is 1. The van der Waals surface area contributed by atoms with Crippen molar-refractivity contribution in [2.45, 2.75) is 6.54 Å². The number of nitrogens with two attached hydrogens (primary N) is 1. The molecule has 0 atom stereocenters. The van der Waals surface area contributed by atoms with Gasteiger partial charge in [-0.15, -0.1) is 11.3 Å². The van der Waals surface area contributed by atoms with Crippen molar-refractivity contribution in [1.29, 1.82) is 0 Å². The number of rotatable bonds is 5. The fraction of sp³-hybridized carbons (Fsp3) is 0.286. The van der Waals surface area contributed by atoms with Gasteiger partial charge in [0, 0.05) is 33.9 Å². The third kappa shape index (κ3) is 3.19. The predicted octanol–water partition coefficient (Wildman–Crippen LogP) is 3.75. The summed E-state index contributed by atoms with van der Waals surface area (Å²) in [4.78, 5) is 3.35. The fourth-order valence-electron chi connectivity index (χ4n) is 1.97. The second kappa shape index (κ2) is 6.37. The van der Waals surface area contributed by atoms with Crippen molar-refractivity contribution in [1.82, 2.24) is 0 Å². The molecule has 0 saturated heterocycles. The molecule has 0 unspecified atom stereocenters. The fourth-order valence-corrected chi connectivity index (χ4v) is 3.47. The second-order valence-electron chi connectivity index (χ2n) is 4.35. The Labute approximate surface area is 131 Å². The third-order valence-corrected chi connectivity index (χ3v) is 4.64. The normalized spacial score (nSPS) is 10.4. The van der Waals surface area contributed by atoms with E-state index in [4.69, 9.17) is 15.2 Å². The van der Waals surface area contributed by atoms with Crippen LogP contribution in [0.5, 0.6) is 11.5 Å². The predicted molar refractivity (Wildman–Crippen MR) is 88.1 cm³/mol. The van der Waals surface area contributed by atoms with Gasteiger partial charge in [0.2, 0.25) is 0 Å². The molecule has 0 aliphatic heterocycles. The maximum absolute atomic E-state index is 6.10. The molecule has 6 heteroatoms. The van der Waals surface area contributed by atoms with E-state index in [-0.39, 0.29) is 0 Å². The number of halogens is 1. The molecule has 0 radical (unpaired) electrons. The van der Waals surface area contributed by atoms with Gasteiger partial charge in [-0.2, -0.15) is 0 Å². The minimum absolute atomic E-state index is 0.640. The molecule has 0 saturated carbocycles. The zero-order chi connectivity index (χ0) is 14.7. The van der Waals surface area contributed by atoms with Gasteiger partial charge in [-0.25, -0.2) is 0 Å². The van der Waals surface area contributed by atoms with Crippen molar-refractivity contribution in [3.63, 3.8) is 0 Å². The summed E-state index contributed by atoms with van der Waals surface area (Å²) in [7, 11) is 5.23. The van der Waals surface area contributed by atoms with Crippen molar-refractivity contribution >= 4 is 38.6 Å². The van der Waals surface area contributed by atoms with Gasteiger partial charge in [-0.1, -0.05) is 0 Å². The van der Waals surface area contributed by atoms with Crippen molar-refractivity contribution in [3.05, 3.63) is 32.9 Å². The first-order valence-corrected chi connectivity index (χ1v) is 7.68. The first-order valence-electron chi connectivity index (χ1n) is 6.00. The lowest BCUT2D eigenvalue weighted by Gasteiger charge is -2.22. The highest BCUT2D eigenvalue weighted by Crippen LogP contribution is 2.37. The van der Waals surface area contributed by atoms with Crippen molar-refractivity contribution in [2.75, 3.05) is 31.9 Å². The molecule has 2 aromatic rings. The van der Waals surface area contributed by atoms with E-state index in [1.807, 2.05) is 13.1 Å². The molecule has 20 heavy (non-hydrogen) atoms. The molecule has 0 bridgehead atoms. The van der Waals surface area contributed by atoms with Crippen LogP contribution in [0.1, 0.15) is 4.88 Å². The monoisotopic (exact) mass is 356 g/mol. The van der Waals surface area contributed by atoms with Crippen LogP contribution in [0.4, 0.5) is 11.4 Å². The van der Waals surface area contributed by atoms with E-state index in [2.05, 4.69) is 32.3 Å². The smallest absolute Gasteiger partial charge is 0.162 e. The molecule has 1 heterocycles. The summed E-state index contributed by atoms with van der Waals surface area (Å²) in [5.74, 6) is 1.32. The topological polar surface area (TPSA) is 47.7 Å². The van der Waals surface area contributed by atoms with E-state index in [1.165, 1.54) is 4.88 Å². The Hall–Kier alpha value is -1.40. The van der Waals surface area contributed by atoms with Crippen molar-refractivity contribution in [3.8, 4) is 11.5 Å². The van der Waals surface area contributed by atoms with E-state index in [0.29, 0.717) is 17.2 Å². The Bertz CT molecular complexity index is 601. The van der Waals surface area contributed by atoms with Crippen LogP contribution in [-0.2, 0) is 6.54 Å². The summed E-state index contributed by atoms with van der Waals surface area (Å²) >= 11 is 5.18. The molecule has 1 aromatic heterocycles. The largest absolute Gasteiger partial charge is 0.493 e. The maximum Gasteiger partial charge on any atom is 0.162 e. The Morgan fingerprint density at radius 1 is 1.20 bits per heavy atom. The number of hydrogen-bond acceptors (Lipinski definition) is 5. The van der Waals surface area contributed by atoms with Gasteiger partial charge in [0.15, 0.2) is 11.5 Å². The summed E-state index contributed by atoms with van der Waals surface area (Å²) in [5.41, 5.74) is 7.69. The van der Waals surface area contributed by atoms with Crippen LogP contribution < -0.4 is 20.1 Å². The van der Waals surface area contributed by atoms with Crippen LogP contribution >= 0.6 is 27.3 Å². The number of thiophene rings is 1. The number of nitrogen functional groups attached to an aromatic ring is 1. The summed E-state index contributed by atoms with van der Waals surface area (Å²) < 4.78 is 11.7. The molecule has 4 nitrogen and oxygen atoms in total. The molecular weight excluding hydrogens is 340 g/mol. The summed E-state index contributed by atoms with van der Waals surface area (Å²) in [6.07, 6.45) is 0. The zero-order valence-corrected chi connectivity index (χ0v) is 14.0. The zero-order valence-electron chi connectivity index (χ0n) is 11.6. The maximum atomic E-state index is 6.10. The molecule has 2 N–H and O–H groups in total. The number of benzene rings is 1. The quantitative estimate of drug-likeness (QED) is 0.828. The van der Waals surface area contributed by atoms with Gasteiger partial charge in [0.1, 0.15) is 0 Å². The summed E-state index contributed by atoms with van der Waals surface area (Å²) in [5, 5.41) is 2.07. The van der Waals surface area contributed by atoms with Gasteiger partial charge in [0.25, 0.3) is 0 Å². The SMILES string of the molecule is COc1cc(N)c(N(C)Cc2cc(Br)cs2)cc1OC. The minimum atomic E-state index is 0.640. The highest BCUT2D eigenvalue weighted by molar-refractivity contribution is 9.10. The van der Waals surface area contributed by atoms with E-state index in [1.54, 1.807) is 31.6 Å². The van der Waals surface area contributed by atoms with Gasteiger partial charge in [-0.05, 0) is 22.0 Å². The van der Waals surface area contributed by atoms with E-state index in [9.17, 15) is 0 Å². The second-order valence-corrected chi connectivity index (χ2v) is 6.26. The lowest BCUT2D eigenvalue weighted by atomic mass is 10.2. The van der Waals surface area contributed by atoms with Gasteiger partial charge in [0.05, 0.1) is 32.1 Å². The number of hydrogen-bond donors (Lipinski definition) is 1. The van der Waals surface area contributed by atoms with Gasteiger partial charge < -0.3 is 20.1 Å². The van der Waals surface area contributed by atoms with Crippen LogP contribution in [0, 0.1) is 0 Å². The molecular formula is C14H17BrN2O2S. The molecule has 0 aliphatic rings. The standard InChI is InChI=1S/C14H17BrN2O2S/c1-17(7-10-4-9(15)8-20-10)12-6-14(19-3)13(18-2)5-11(12)16/h4-6,8H,7,16H2,1-3H3. The van der Waals surface area contributed by atoms with E-state index in [0.717, 1.165) is 16.7 Å². The van der Waals surface area contributed by atoms with Crippen molar-refractivity contribution < 1.29 is 9.47 Å². The van der Waals surface area contributed by atoms with Crippen LogP contribution in [0.2, 0.25) is 0 Å². The van der Waals surface area contributed by atoms with Crippen LogP contribution in [0.3, 0.4) is 0 Å². The van der Waals surface area contributed by atoms with Gasteiger partial charge in [-0.3, -0.25) is 0 Å². The lowest BCUT2D eigenvalue weighted by molar-refractivity contribution is 0.355. The Kier molecular flexibility index (Phi) is 4.77. The first-order chi connectivity index (χ1) is 9.55. The van der Waals surface area contributed by atoms with E-state index >= 15 is 0 Å². The summed E-state index contributed by atoms with van der Waals surface area (Å²) in [6, 6.07) is 5.80. The highest BCUT2D eigenvalue weighted by Gasteiger charge is 2.13. The number of anilines is 2. The molecule has 0 spiro atoms. The molecule has 0 amide bonds. The minimum Gasteiger partial charge on any atom is -0.493 e. The molecule has 0 aliphatic carbocycles. The highest BCUT2D eigenvalue weighted by atomic mass is 79.9. The Morgan fingerprint density at radius 2 is 1.85 bits per heavy atom. The number of methoxy groups -OCH3 is 2. The first kappa shape index (κ1) is 15.0. The van der Waals surface area contributed by atoms with Crippen LogP contribution in [0.25, 0.3) is 0 Å². The Morgan fingerprint density at radius 3 is 2.40 bits per heavy atom. The molecule has 1 aromatic carbocycles. The molecule has 2 rings (SSSR count). The average Bonchev–Trinajstić information content (AvgIpc) is 2.83. The van der Waals surface area contributed by atoms with E-state index < -0.39 is 0 Å². The van der Waals surface area contributed by atoms with Crippen LogP contribution in [-0.4, -0.2) is 21.3 Å².